The molecule has 1 fully saturated rings. The largest absolute Gasteiger partial charge is 1.00 e. The molecule has 1 saturated heterocycles. The van der Waals surface area contributed by atoms with Gasteiger partial charge in [0, 0.05) is 12.6 Å². The molecule has 1 N–H and O–H groups in total. The molecule has 22 heavy (non-hydrogen) atoms. The summed E-state index contributed by atoms with van der Waals surface area (Å²) in [6.07, 6.45) is 4.76. The predicted octanol–water partition coefficient (Wildman–Crippen LogP) is 0.147. The number of fused-ring (bicyclic) bond motifs is 1. The summed E-state index contributed by atoms with van der Waals surface area (Å²) in [5.74, 6) is 1.02. The molecule has 0 atom stereocenters. The van der Waals surface area contributed by atoms with Crippen LogP contribution in [0.15, 0.2) is 18.2 Å². The first-order valence-corrected chi connectivity index (χ1v) is 8.10. The van der Waals surface area contributed by atoms with Crippen LogP contribution in [0, 0.1) is 6.07 Å². The Hall–Kier alpha value is 0.255. The molecule has 0 amide bonds. The third-order valence-electron chi connectivity index (χ3n) is 4.36. The Balaban J connectivity index is 0.00000176. The molecule has 0 unspecified atom stereocenters. The molecule has 0 saturated carbocycles. The SMILES string of the molecule is CCCCn1c(NC2CCN(C)CC2)nc2[c-]cccc21.[Rb+]. The van der Waals surface area contributed by atoms with Gasteiger partial charge in [0.1, 0.15) is 0 Å². The van der Waals surface area contributed by atoms with Crippen LogP contribution in [0.3, 0.4) is 0 Å². The first kappa shape index (κ1) is 18.6. The van der Waals surface area contributed by atoms with E-state index in [9.17, 15) is 0 Å². The van der Waals surface area contributed by atoms with Gasteiger partial charge in [0.2, 0.25) is 0 Å². The Labute approximate surface area is 182 Å². The van der Waals surface area contributed by atoms with E-state index < -0.39 is 0 Å². The molecular weight excluding hydrogens is 346 g/mol. The van der Waals surface area contributed by atoms with Crippen LogP contribution in [0.5, 0.6) is 0 Å². The molecule has 114 valence electrons. The molecule has 1 aliphatic rings. The molecule has 0 radical (unpaired) electrons. The average Bonchev–Trinajstić information content (AvgIpc) is 2.85. The Kier molecular flexibility index (Phi) is 7.54. The molecule has 0 bridgehead atoms. The van der Waals surface area contributed by atoms with Gasteiger partial charge in [-0.25, -0.2) is 4.98 Å². The molecule has 2 aromatic rings. The molecule has 5 heteroatoms. The standard InChI is InChI=1S/C17H25N4.Rb/c1-3-4-11-21-16-8-6-5-7-15(16)19-17(21)18-14-9-12-20(2)13-10-14;/h5-6,8,14H,3-4,9-13H2,1-2H3,(H,18,19);/q-1;+1. The Morgan fingerprint density at radius 2 is 2.14 bits per heavy atom. The fourth-order valence-corrected chi connectivity index (χ4v) is 3.00. The van der Waals surface area contributed by atoms with Crippen molar-refractivity contribution in [2.75, 3.05) is 25.5 Å². The van der Waals surface area contributed by atoms with E-state index in [2.05, 4.69) is 40.9 Å². The molecule has 1 aromatic carbocycles. The summed E-state index contributed by atoms with van der Waals surface area (Å²) in [6, 6.07) is 9.93. The maximum Gasteiger partial charge on any atom is 1.00 e. The minimum absolute atomic E-state index is 0. The van der Waals surface area contributed by atoms with Crippen molar-refractivity contribution in [3.8, 4) is 0 Å². The second-order valence-corrected chi connectivity index (χ2v) is 6.07. The summed E-state index contributed by atoms with van der Waals surface area (Å²) in [5, 5.41) is 3.67. The zero-order chi connectivity index (χ0) is 14.7. The van der Waals surface area contributed by atoms with Gasteiger partial charge in [-0.05, 0) is 50.4 Å². The van der Waals surface area contributed by atoms with Crippen molar-refractivity contribution < 1.29 is 58.2 Å². The van der Waals surface area contributed by atoms with Crippen LogP contribution < -0.4 is 63.5 Å². The third kappa shape index (κ3) is 4.41. The van der Waals surface area contributed by atoms with Gasteiger partial charge in [-0.15, -0.1) is 6.07 Å². The van der Waals surface area contributed by atoms with E-state index in [0.29, 0.717) is 6.04 Å². The number of aryl methyl sites for hydroxylation is 1. The number of anilines is 1. The maximum absolute atomic E-state index is 4.76. The van der Waals surface area contributed by atoms with Gasteiger partial charge in [-0.1, -0.05) is 13.3 Å². The minimum Gasteiger partial charge on any atom is -0.364 e. The summed E-state index contributed by atoms with van der Waals surface area (Å²) in [5.41, 5.74) is 2.17. The average molecular weight is 371 g/mol. The number of nitrogens with zero attached hydrogens (tertiary/aromatic N) is 3. The van der Waals surface area contributed by atoms with E-state index in [0.717, 1.165) is 18.0 Å². The van der Waals surface area contributed by atoms with Crippen LogP contribution in [-0.2, 0) is 6.54 Å². The van der Waals surface area contributed by atoms with E-state index in [4.69, 9.17) is 4.98 Å². The molecular formula is C17H25N4Rb. The van der Waals surface area contributed by atoms with Gasteiger partial charge < -0.3 is 14.8 Å². The summed E-state index contributed by atoms with van der Waals surface area (Å²) in [4.78, 5) is 7.16. The minimum atomic E-state index is 0. The maximum atomic E-state index is 4.76. The summed E-state index contributed by atoms with van der Waals surface area (Å²) >= 11 is 0. The summed E-state index contributed by atoms with van der Waals surface area (Å²) in [7, 11) is 2.20. The van der Waals surface area contributed by atoms with Crippen LogP contribution in [0.1, 0.15) is 32.6 Å². The van der Waals surface area contributed by atoms with Crippen molar-refractivity contribution in [1.82, 2.24) is 14.5 Å². The van der Waals surface area contributed by atoms with Crippen LogP contribution in [0.2, 0.25) is 0 Å². The summed E-state index contributed by atoms with van der Waals surface area (Å²) in [6.45, 7) is 5.59. The zero-order valence-corrected chi connectivity index (χ0v) is 19.0. The van der Waals surface area contributed by atoms with E-state index in [1.54, 1.807) is 0 Å². The second kappa shape index (κ2) is 8.93. The molecule has 3 rings (SSSR count). The number of piperidine rings is 1. The van der Waals surface area contributed by atoms with Gasteiger partial charge >= 0.3 is 58.2 Å². The van der Waals surface area contributed by atoms with Crippen LogP contribution in [0.25, 0.3) is 11.0 Å². The molecule has 2 heterocycles. The number of benzene rings is 1. The molecule has 1 aromatic heterocycles. The second-order valence-electron chi connectivity index (χ2n) is 6.07. The van der Waals surface area contributed by atoms with Crippen LogP contribution in [0.4, 0.5) is 5.95 Å². The first-order chi connectivity index (χ1) is 10.3. The van der Waals surface area contributed by atoms with Crippen molar-refractivity contribution in [3.63, 3.8) is 0 Å². The van der Waals surface area contributed by atoms with Crippen molar-refractivity contribution in [3.05, 3.63) is 24.3 Å². The van der Waals surface area contributed by atoms with E-state index >= 15 is 0 Å². The fourth-order valence-electron chi connectivity index (χ4n) is 3.00. The normalized spacial score (nSPS) is 16.6. The molecule has 1 aliphatic heterocycles. The number of rotatable bonds is 5. The number of likely N-dealkylation sites (tertiary alicyclic amines) is 1. The molecule has 0 aliphatic carbocycles. The Morgan fingerprint density at radius 3 is 2.86 bits per heavy atom. The molecule has 4 nitrogen and oxygen atoms in total. The first-order valence-electron chi connectivity index (χ1n) is 8.10. The van der Waals surface area contributed by atoms with Crippen molar-refractivity contribution in [2.24, 2.45) is 0 Å². The van der Waals surface area contributed by atoms with Gasteiger partial charge in [0.15, 0.2) is 5.95 Å². The van der Waals surface area contributed by atoms with Crippen molar-refractivity contribution >= 4 is 17.0 Å². The predicted molar refractivity (Wildman–Crippen MR) is 87.6 cm³/mol. The summed E-state index contributed by atoms with van der Waals surface area (Å²) < 4.78 is 2.33. The number of hydrogen-bond donors (Lipinski definition) is 1. The number of para-hydroxylation sites is 1. The van der Waals surface area contributed by atoms with E-state index in [1.807, 2.05) is 12.1 Å². The van der Waals surface area contributed by atoms with Gasteiger partial charge in [-0.2, -0.15) is 18.2 Å². The third-order valence-corrected chi connectivity index (χ3v) is 4.36. The van der Waals surface area contributed by atoms with E-state index in [-0.39, 0.29) is 58.2 Å². The van der Waals surface area contributed by atoms with E-state index in [1.165, 1.54) is 44.3 Å². The van der Waals surface area contributed by atoms with Crippen molar-refractivity contribution in [1.29, 1.82) is 0 Å². The van der Waals surface area contributed by atoms with Crippen LogP contribution in [-0.4, -0.2) is 40.6 Å². The van der Waals surface area contributed by atoms with Gasteiger partial charge in [0.25, 0.3) is 0 Å². The Bertz CT molecular complexity index is 587. The quantitative estimate of drug-likeness (QED) is 0.760. The number of nitrogens with one attached hydrogen (secondary N) is 1. The Morgan fingerprint density at radius 1 is 1.36 bits per heavy atom. The molecule has 0 spiro atoms. The number of aromatic nitrogens is 2. The van der Waals surface area contributed by atoms with Crippen LogP contribution >= 0.6 is 0 Å². The number of hydrogen-bond acceptors (Lipinski definition) is 3. The number of unbranched alkanes of at least 4 members (excludes halogenated alkanes) is 1. The number of imidazole rings is 1. The topological polar surface area (TPSA) is 33.1 Å². The fraction of sp³-hybridized carbons (Fsp3) is 0.588. The smallest absolute Gasteiger partial charge is 0.364 e. The van der Waals surface area contributed by atoms with Gasteiger partial charge in [-0.3, -0.25) is 0 Å². The van der Waals surface area contributed by atoms with Crippen molar-refractivity contribution in [2.45, 2.75) is 45.2 Å². The van der Waals surface area contributed by atoms with Gasteiger partial charge in [0.05, 0.1) is 0 Å². The zero-order valence-electron chi connectivity index (χ0n) is 14.1. The monoisotopic (exact) mass is 370 g/mol.